The van der Waals surface area contributed by atoms with Crippen LogP contribution in [0.4, 0.5) is 34.8 Å². The number of benzene rings is 1. The van der Waals surface area contributed by atoms with Gasteiger partial charge in [0.1, 0.15) is 29.3 Å². The molecule has 0 bridgehead atoms. The van der Waals surface area contributed by atoms with Crippen LogP contribution in [0.3, 0.4) is 0 Å². The average molecular weight is 447 g/mol. The van der Waals surface area contributed by atoms with Crippen LogP contribution in [0.25, 0.3) is 0 Å². The number of aryl methyl sites for hydroxylation is 1. The summed E-state index contributed by atoms with van der Waals surface area (Å²) in [4.78, 5) is 20.4. The third-order valence-corrected chi connectivity index (χ3v) is 5.18. The number of nitrogens with one attached hydrogen (secondary N) is 1. The molecule has 1 atom stereocenters. The van der Waals surface area contributed by atoms with E-state index in [1.165, 1.54) is 37.1 Å². The van der Waals surface area contributed by atoms with E-state index in [0.29, 0.717) is 24.5 Å². The molecule has 1 aliphatic heterocycles. The molecule has 0 radical (unpaired) electrons. The van der Waals surface area contributed by atoms with Gasteiger partial charge in [-0.3, -0.25) is 4.79 Å². The Bertz CT molecular complexity index is 1090. The number of nitrogens with zero attached hydrogens (tertiary/aromatic N) is 4. The fourth-order valence-corrected chi connectivity index (χ4v) is 3.67. The molecule has 2 heterocycles. The Morgan fingerprint density at radius 2 is 2.06 bits per heavy atom. The predicted molar refractivity (Wildman–Crippen MR) is 113 cm³/mol. The molecule has 1 N–H and O–H groups in total. The highest BCUT2D eigenvalue weighted by molar-refractivity contribution is 6.01. The van der Waals surface area contributed by atoms with Gasteiger partial charge in [0.2, 0.25) is 5.91 Å². The fourth-order valence-electron chi connectivity index (χ4n) is 3.67. The van der Waals surface area contributed by atoms with Crippen molar-refractivity contribution in [1.82, 2.24) is 4.98 Å². The second-order valence-electron chi connectivity index (χ2n) is 7.39. The van der Waals surface area contributed by atoms with Gasteiger partial charge >= 0.3 is 6.18 Å². The molecule has 1 aromatic heterocycles. The van der Waals surface area contributed by atoms with Crippen LogP contribution in [-0.4, -0.2) is 37.1 Å². The molecule has 0 spiro atoms. The number of aromatic nitrogens is 1. The molecule has 0 aliphatic carbocycles. The van der Waals surface area contributed by atoms with Crippen LogP contribution in [-0.2, 0) is 11.0 Å². The smallest absolute Gasteiger partial charge is 0.366 e. The lowest BCUT2D eigenvalue weighted by Crippen LogP contribution is -2.46. The van der Waals surface area contributed by atoms with E-state index in [1.54, 1.807) is 12.1 Å². The maximum absolute atomic E-state index is 13.9. The Labute approximate surface area is 182 Å². The number of carbonyl (C=O) groups is 1. The van der Waals surface area contributed by atoms with Crippen LogP contribution >= 0.6 is 0 Å². The maximum atomic E-state index is 13.9. The van der Waals surface area contributed by atoms with Crippen LogP contribution in [0.2, 0.25) is 0 Å². The molecule has 0 fully saturated rings. The summed E-state index contributed by atoms with van der Waals surface area (Å²) in [6.07, 6.45) is -2.94. The van der Waals surface area contributed by atoms with Gasteiger partial charge in [0.25, 0.3) is 0 Å². The molecule has 0 saturated heterocycles. The van der Waals surface area contributed by atoms with E-state index in [1.807, 2.05) is 4.90 Å². The third kappa shape index (κ3) is 4.51. The highest BCUT2D eigenvalue weighted by Gasteiger charge is 2.37. The van der Waals surface area contributed by atoms with Crippen LogP contribution in [0.15, 0.2) is 36.9 Å². The summed E-state index contributed by atoms with van der Waals surface area (Å²) in [5, 5.41) is 12.1. The Morgan fingerprint density at radius 1 is 1.34 bits per heavy atom. The molecule has 32 heavy (non-hydrogen) atoms. The number of pyridine rings is 1. The molecule has 0 saturated carbocycles. The third-order valence-electron chi connectivity index (χ3n) is 5.18. The van der Waals surface area contributed by atoms with Crippen molar-refractivity contribution in [1.29, 1.82) is 5.26 Å². The van der Waals surface area contributed by atoms with Gasteiger partial charge in [0, 0.05) is 25.8 Å². The van der Waals surface area contributed by atoms with Crippen molar-refractivity contribution < 1.29 is 22.4 Å². The molecule has 1 aromatic carbocycles. The number of hydrogen-bond donors (Lipinski definition) is 1. The van der Waals surface area contributed by atoms with E-state index >= 15 is 0 Å². The van der Waals surface area contributed by atoms with E-state index in [0.717, 1.165) is 6.07 Å². The largest absolute Gasteiger partial charge is 0.417 e. The minimum absolute atomic E-state index is 0.0552. The zero-order valence-electron chi connectivity index (χ0n) is 17.5. The number of amides is 1. The molecule has 1 aliphatic rings. The van der Waals surface area contributed by atoms with E-state index in [9.17, 15) is 27.6 Å². The molecule has 6 nitrogen and oxygen atoms in total. The summed E-state index contributed by atoms with van der Waals surface area (Å²) in [5.41, 5.74) is -0.787. The van der Waals surface area contributed by atoms with Crippen LogP contribution in [0, 0.1) is 24.1 Å². The van der Waals surface area contributed by atoms with Gasteiger partial charge in [-0.1, -0.05) is 6.08 Å². The van der Waals surface area contributed by atoms with Crippen molar-refractivity contribution in [2.45, 2.75) is 25.6 Å². The van der Waals surface area contributed by atoms with Gasteiger partial charge in [-0.05, 0) is 37.6 Å². The molecule has 168 valence electrons. The Balaban J connectivity index is 2.03. The number of fused-ring (bicyclic) bond motifs is 1. The van der Waals surface area contributed by atoms with Crippen LogP contribution in [0.1, 0.15) is 23.2 Å². The van der Waals surface area contributed by atoms with Crippen molar-refractivity contribution >= 4 is 23.1 Å². The molecule has 10 heteroatoms. The van der Waals surface area contributed by atoms with Gasteiger partial charge in [-0.15, -0.1) is 6.58 Å². The second-order valence-corrected chi connectivity index (χ2v) is 7.39. The summed E-state index contributed by atoms with van der Waals surface area (Å²) in [5.74, 6) is -1.21. The average Bonchev–Trinajstić information content (AvgIpc) is 2.73. The number of hydrogen-bond acceptors (Lipinski definition) is 5. The van der Waals surface area contributed by atoms with Gasteiger partial charge in [-0.25, -0.2) is 9.37 Å². The number of nitriles is 1. The quantitative estimate of drug-likeness (QED) is 0.560. The first-order valence-corrected chi connectivity index (χ1v) is 9.75. The molecular weight excluding hydrogens is 426 g/mol. The maximum Gasteiger partial charge on any atom is 0.417 e. The van der Waals surface area contributed by atoms with Crippen molar-refractivity contribution in [3.05, 3.63) is 59.6 Å². The minimum Gasteiger partial charge on any atom is -0.366 e. The predicted octanol–water partition coefficient (Wildman–Crippen LogP) is 4.26. The first-order valence-electron chi connectivity index (χ1n) is 9.75. The number of rotatable bonds is 4. The second kappa shape index (κ2) is 8.86. The van der Waals surface area contributed by atoms with E-state index in [-0.39, 0.29) is 17.9 Å². The normalized spacial score (nSPS) is 16.7. The number of alkyl halides is 3. The number of halogens is 4. The van der Waals surface area contributed by atoms with E-state index < -0.39 is 35.1 Å². The Kier molecular flexibility index (Phi) is 6.39. The van der Waals surface area contributed by atoms with Crippen LogP contribution in [0.5, 0.6) is 0 Å². The Morgan fingerprint density at radius 3 is 2.69 bits per heavy atom. The fraction of sp³-hybridized carbons (Fsp3) is 0.318. The SMILES string of the molecule is C=CCN1CCC(Nc2nc(C)cc(C(F)(F)F)c2C#N)C(=O)N(C)c2ccc(F)cc21. The molecule has 3 rings (SSSR count). The molecular formula is C22H21F4N5O. The van der Waals surface area contributed by atoms with E-state index in [2.05, 4.69) is 16.9 Å². The van der Waals surface area contributed by atoms with Gasteiger partial charge in [0.05, 0.1) is 16.9 Å². The summed E-state index contributed by atoms with van der Waals surface area (Å²) >= 11 is 0. The van der Waals surface area contributed by atoms with Gasteiger partial charge in [-0.2, -0.15) is 18.4 Å². The lowest BCUT2D eigenvalue weighted by atomic mass is 10.0. The van der Waals surface area contributed by atoms with Crippen molar-refractivity contribution in [2.24, 2.45) is 0 Å². The monoisotopic (exact) mass is 447 g/mol. The highest BCUT2D eigenvalue weighted by Crippen LogP contribution is 2.36. The summed E-state index contributed by atoms with van der Waals surface area (Å²) in [6.45, 7) is 5.75. The van der Waals surface area contributed by atoms with Crippen molar-refractivity contribution in [3.63, 3.8) is 0 Å². The van der Waals surface area contributed by atoms with Gasteiger partial charge < -0.3 is 15.1 Å². The first-order chi connectivity index (χ1) is 15.1. The standard InChI is InChI=1S/C22H21F4N5O/c1-4-8-31-9-7-17(21(32)30(3)18-6-5-14(23)11-19(18)31)29-20-15(12-27)16(22(24,25)26)10-13(2)28-20/h4-6,10-11,17H,1,7-9H2,2-3H3,(H,28,29). The molecule has 1 unspecified atom stereocenters. The number of anilines is 3. The number of carbonyl (C=O) groups excluding carboxylic acids is 1. The highest BCUT2D eigenvalue weighted by atomic mass is 19.4. The van der Waals surface area contributed by atoms with Crippen LogP contribution < -0.4 is 15.1 Å². The Hall–Kier alpha value is -3.61. The topological polar surface area (TPSA) is 72.3 Å². The summed E-state index contributed by atoms with van der Waals surface area (Å²) in [6, 6.07) is 5.40. The van der Waals surface area contributed by atoms with Crippen molar-refractivity contribution in [3.8, 4) is 6.07 Å². The number of likely N-dealkylation sites (N-methyl/N-ethyl adjacent to an activating group) is 1. The lowest BCUT2D eigenvalue weighted by molar-refractivity contribution is -0.137. The van der Waals surface area contributed by atoms with Gasteiger partial charge in [0.15, 0.2) is 0 Å². The summed E-state index contributed by atoms with van der Waals surface area (Å²) < 4.78 is 54.2. The first kappa shape index (κ1) is 23.1. The zero-order valence-corrected chi connectivity index (χ0v) is 17.5. The zero-order chi connectivity index (χ0) is 23.6. The molecule has 2 aromatic rings. The minimum atomic E-state index is -4.75. The molecule has 1 amide bonds. The summed E-state index contributed by atoms with van der Waals surface area (Å²) in [7, 11) is 1.50. The van der Waals surface area contributed by atoms with Crippen molar-refractivity contribution in [2.75, 3.05) is 35.3 Å². The lowest BCUT2D eigenvalue weighted by Gasteiger charge is -2.35. The van der Waals surface area contributed by atoms with E-state index in [4.69, 9.17) is 0 Å².